The predicted molar refractivity (Wildman–Crippen MR) is 58.7 cm³/mol. The lowest BCUT2D eigenvalue weighted by atomic mass is 10.1. The number of carboxylic acids is 1. The normalized spacial score (nSPS) is 12.7. The van der Waals surface area contributed by atoms with E-state index in [9.17, 15) is 31.1 Å². The molecule has 0 unspecified atom stereocenters. The Morgan fingerprint density at radius 3 is 1.90 bits per heavy atom. The van der Waals surface area contributed by atoms with Crippen LogP contribution in [0.5, 0.6) is 5.75 Å². The molecule has 0 heterocycles. The first kappa shape index (κ1) is 16.9. The van der Waals surface area contributed by atoms with Gasteiger partial charge in [-0.25, -0.2) is 4.79 Å². The lowest BCUT2D eigenvalue weighted by Crippen LogP contribution is -2.11. The number of carbonyl (C=O) groups is 1. The van der Waals surface area contributed by atoms with Crippen molar-refractivity contribution in [3.05, 3.63) is 41.5 Å². The molecule has 1 aromatic rings. The maximum atomic E-state index is 12.5. The molecule has 0 radical (unpaired) electrons. The predicted octanol–water partition coefficient (Wildman–Crippen LogP) is 3.74. The van der Waals surface area contributed by atoms with Crippen LogP contribution in [0.1, 0.15) is 11.1 Å². The van der Waals surface area contributed by atoms with E-state index < -0.39 is 41.8 Å². The molecule has 0 fully saturated rings. The Labute approximate surface area is 114 Å². The Morgan fingerprint density at radius 2 is 1.52 bits per heavy atom. The fraction of sp³-hybridized carbons (Fsp3) is 0.250. The average Bonchev–Trinajstić information content (AvgIpc) is 2.32. The highest BCUT2D eigenvalue weighted by Gasteiger charge is 2.37. The molecule has 116 valence electrons. The third-order valence-electron chi connectivity index (χ3n) is 2.17. The summed E-state index contributed by atoms with van der Waals surface area (Å²) in [6.07, 6.45) is -8.33. The van der Waals surface area contributed by atoms with Crippen molar-refractivity contribution in [3.8, 4) is 5.75 Å². The molecule has 1 aromatic carbocycles. The van der Waals surface area contributed by atoms with E-state index in [-0.39, 0.29) is 6.07 Å². The molecule has 9 heteroatoms. The van der Waals surface area contributed by atoms with Crippen molar-refractivity contribution in [2.45, 2.75) is 12.4 Å². The summed E-state index contributed by atoms with van der Waals surface area (Å²) in [7, 11) is 0. The summed E-state index contributed by atoms with van der Waals surface area (Å²) in [5.74, 6) is -1.98. The van der Waals surface area contributed by atoms with E-state index in [0.717, 1.165) is 6.08 Å². The monoisotopic (exact) mass is 314 g/mol. The van der Waals surface area contributed by atoms with Gasteiger partial charge in [-0.3, -0.25) is 0 Å². The molecule has 0 aromatic heterocycles. The van der Waals surface area contributed by atoms with Crippen molar-refractivity contribution < 1.29 is 41.0 Å². The molecule has 0 saturated carbocycles. The molecule has 1 N–H and O–H groups in total. The number of benzene rings is 1. The Hall–Kier alpha value is -2.19. The number of hydrogen-bond donors (Lipinski definition) is 1. The van der Waals surface area contributed by atoms with Gasteiger partial charge in [0.25, 0.3) is 0 Å². The first-order chi connectivity index (χ1) is 9.50. The van der Waals surface area contributed by atoms with E-state index in [0.29, 0.717) is 18.2 Å². The maximum absolute atomic E-state index is 12.5. The molecule has 0 amide bonds. The van der Waals surface area contributed by atoms with Crippen molar-refractivity contribution >= 4 is 5.97 Å². The number of alkyl halides is 6. The number of rotatable bonds is 4. The summed E-state index contributed by atoms with van der Waals surface area (Å²) in [6.45, 7) is -0.481. The highest BCUT2D eigenvalue weighted by molar-refractivity contribution is 5.79. The van der Waals surface area contributed by atoms with Gasteiger partial charge in [0.1, 0.15) is 12.4 Å². The third-order valence-corrected chi connectivity index (χ3v) is 2.17. The highest BCUT2D eigenvalue weighted by Crippen LogP contribution is 2.38. The van der Waals surface area contributed by atoms with Crippen molar-refractivity contribution in [2.24, 2.45) is 0 Å². The summed E-state index contributed by atoms with van der Waals surface area (Å²) in [4.78, 5) is 10.1. The molecule has 0 aliphatic carbocycles. The molecule has 21 heavy (non-hydrogen) atoms. The molecule has 1 rings (SSSR count). The quantitative estimate of drug-likeness (QED) is 0.680. The Morgan fingerprint density at radius 1 is 1.05 bits per heavy atom. The number of aliphatic carboxylic acids is 1. The minimum Gasteiger partial charge on any atom is -0.489 e. The standard InChI is InChI=1S/C12H8F6O3/c13-11(14,15)7-4-8(12(16,17)18)6-9(5-7)21-3-1-2-10(19)20/h1-2,4-6H,3H2,(H,19,20)/b2-1+. The van der Waals surface area contributed by atoms with Gasteiger partial charge in [0, 0.05) is 6.08 Å². The summed E-state index contributed by atoms with van der Waals surface area (Å²) in [6, 6.07) is 0.785. The number of carboxylic acid groups (broad SMARTS) is 1. The molecular weight excluding hydrogens is 306 g/mol. The number of ether oxygens (including phenoxy) is 1. The van der Waals surface area contributed by atoms with Crippen LogP contribution in [0.3, 0.4) is 0 Å². The second-order valence-corrected chi connectivity index (χ2v) is 3.79. The SMILES string of the molecule is O=C(O)/C=C/COc1cc(C(F)(F)F)cc(C(F)(F)F)c1. The highest BCUT2D eigenvalue weighted by atomic mass is 19.4. The van der Waals surface area contributed by atoms with Crippen LogP contribution in [0.25, 0.3) is 0 Å². The molecule has 0 atom stereocenters. The van der Waals surface area contributed by atoms with Crippen LogP contribution >= 0.6 is 0 Å². The zero-order valence-corrected chi connectivity index (χ0v) is 10.1. The maximum Gasteiger partial charge on any atom is 0.416 e. The van der Waals surface area contributed by atoms with Gasteiger partial charge >= 0.3 is 18.3 Å². The van der Waals surface area contributed by atoms with Gasteiger partial charge in [-0.2, -0.15) is 26.3 Å². The van der Waals surface area contributed by atoms with Crippen LogP contribution in [-0.2, 0) is 17.1 Å². The molecule has 0 aliphatic rings. The smallest absolute Gasteiger partial charge is 0.416 e. The molecule has 0 aliphatic heterocycles. The second-order valence-electron chi connectivity index (χ2n) is 3.79. The Kier molecular flexibility index (Phi) is 4.87. The van der Waals surface area contributed by atoms with Crippen molar-refractivity contribution in [1.29, 1.82) is 0 Å². The summed E-state index contributed by atoms with van der Waals surface area (Å²) in [5, 5.41) is 8.27. The average molecular weight is 314 g/mol. The van der Waals surface area contributed by atoms with E-state index in [4.69, 9.17) is 5.11 Å². The molecule has 0 spiro atoms. The van der Waals surface area contributed by atoms with Gasteiger partial charge in [0.2, 0.25) is 0 Å². The summed E-state index contributed by atoms with van der Waals surface area (Å²) in [5.41, 5.74) is -3.01. The first-order valence-electron chi connectivity index (χ1n) is 5.32. The largest absolute Gasteiger partial charge is 0.489 e. The van der Waals surface area contributed by atoms with Gasteiger partial charge in [-0.1, -0.05) is 0 Å². The zero-order valence-electron chi connectivity index (χ0n) is 10.1. The Balaban J connectivity index is 3.06. The van der Waals surface area contributed by atoms with Gasteiger partial charge < -0.3 is 9.84 Å². The van der Waals surface area contributed by atoms with Gasteiger partial charge in [0.05, 0.1) is 11.1 Å². The lowest BCUT2D eigenvalue weighted by Gasteiger charge is -2.14. The van der Waals surface area contributed by atoms with Crippen molar-refractivity contribution in [2.75, 3.05) is 6.61 Å². The van der Waals surface area contributed by atoms with E-state index in [1.54, 1.807) is 0 Å². The van der Waals surface area contributed by atoms with E-state index in [1.165, 1.54) is 0 Å². The van der Waals surface area contributed by atoms with Crippen LogP contribution in [0, 0.1) is 0 Å². The van der Waals surface area contributed by atoms with E-state index in [1.807, 2.05) is 0 Å². The molecule has 3 nitrogen and oxygen atoms in total. The summed E-state index contributed by atoms with van der Waals surface area (Å²) >= 11 is 0. The van der Waals surface area contributed by atoms with Crippen LogP contribution in [0.2, 0.25) is 0 Å². The van der Waals surface area contributed by atoms with Gasteiger partial charge in [0.15, 0.2) is 0 Å². The molecule has 0 bridgehead atoms. The molecule has 0 saturated heterocycles. The van der Waals surface area contributed by atoms with Crippen LogP contribution in [0.15, 0.2) is 30.4 Å². The topological polar surface area (TPSA) is 46.5 Å². The van der Waals surface area contributed by atoms with Crippen LogP contribution < -0.4 is 4.74 Å². The van der Waals surface area contributed by atoms with Gasteiger partial charge in [-0.05, 0) is 24.3 Å². The minimum atomic E-state index is -4.96. The number of hydrogen-bond acceptors (Lipinski definition) is 2. The zero-order chi connectivity index (χ0) is 16.3. The minimum absolute atomic E-state index is 0.0278. The Bertz CT molecular complexity index is 513. The van der Waals surface area contributed by atoms with Crippen LogP contribution in [0.4, 0.5) is 26.3 Å². The third kappa shape index (κ3) is 5.36. The fourth-order valence-corrected chi connectivity index (χ4v) is 1.30. The van der Waals surface area contributed by atoms with Crippen molar-refractivity contribution in [1.82, 2.24) is 0 Å². The number of halogens is 6. The fourth-order valence-electron chi connectivity index (χ4n) is 1.30. The summed E-state index contributed by atoms with van der Waals surface area (Å²) < 4.78 is 79.8. The second kappa shape index (κ2) is 6.06. The van der Waals surface area contributed by atoms with Crippen LogP contribution in [-0.4, -0.2) is 17.7 Å². The van der Waals surface area contributed by atoms with E-state index >= 15 is 0 Å². The first-order valence-corrected chi connectivity index (χ1v) is 5.32. The molecular formula is C12H8F6O3. The lowest BCUT2D eigenvalue weighted by molar-refractivity contribution is -0.143. The van der Waals surface area contributed by atoms with E-state index in [2.05, 4.69) is 4.74 Å². The van der Waals surface area contributed by atoms with Gasteiger partial charge in [-0.15, -0.1) is 0 Å². The van der Waals surface area contributed by atoms with Crippen molar-refractivity contribution in [3.63, 3.8) is 0 Å².